The molecule has 1 amide bonds. The maximum absolute atomic E-state index is 12.2. The summed E-state index contributed by atoms with van der Waals surface area (Å²) in [6, 6.07) is 0. The Balaban J connectivity index is 2.85. The molecule has 0 heterocycles. The van der Waals surface area contributed by atoms with E-state index in [0.29, 0.717) is 18.2 Å². The topological polar surface area (TPSA) is 63.2 Å². The van der Waals surface area contributed by atoms with Gasteiger partial charge in [0.2, 0.25) is 6.41 Å². The van der Waals surface area contributed by atoms with Crippen LogP contribution in [0, 0.1) is 17.8 Å². The van der Waals surface area contributed by atoms with Gasteiger partial charge in [0.25, 0.3) is 0 Å². The predicted molar refractivity (Wildman–Crippen MR) is 68.1 cm³/mol. The molecule has 0 aromatic rings. The van der Waals surface area contributed by atoms with Crippen LogP contribution in [0.3, 0.4) is 0 Å². The quantitative estimate of drug-likeness (QED) is 0.764. The first-order chi connectivity index (χ1) is 7.88. The highest BCUT2D eigenvalue weighted by atomic mass is 32.2. The van der Waals surface area contributed by atoms with E-state index < -0.39 is 9.84 Å². The Morgan fingerprint density at radius 1 is 1.35 bits per heavy atom. The van der Waals surface area contributed by atoms with Crippen molar-refractivity contribution >= 4 is 16.2 Å². The second-order valence-electron chi connectivity index (χ2n) is 5.49. The largest absolute Gasteiger partial charge is 0.345 e. The van der Waals surface area contributed by atoms with Gasteiger partial charge in [-0.05, 0) is 30.6 Å². The molecule has 0 aromatic carbocycles. The summed E-state index contributed by atoms with van der Waals surface area (Å²) in [7, 11) is -3.21. The van der Waals surface area contributed by atoms with Crippen LogP contribution in [0.4, 0.5) is 0 Å². The molecule has 0 unspecified atom stereocenters. The number of carbonyl (C=O) groups is 1. The summed E-state index contributed by atoms with van der Waals surface area (Å²) in [4.78, 5) is 10.2. The number of amides is 1. The third kappa shape index (κ3) is 3.69. The normalized spacial score (nSPS) is 30.2. The highest BCUT2D eigenvalue weighted by Gasteiger charge is 2.38. The third-order valence-electron chi connectivity index (χ3n) is 3.79. The van der Waals surface area contributed by atoms with Gasteiger partial charge in [-0.2, -0.15) is 0 Å². The fraction of sp³-hybridized carbons (Fsp3) is 0.917. The molecule has 5 heteroatoms. The van der Waals surface area contributed by atoms with Crippen LogP contribution in [-0.2, 0) is 14.6 Å². The summed E-state index contributed by atoms with van der Waals surface area (Å²) < 4.78 is 24.4. The molecule has 1 aliphatic carbocycles. The number of rotatable bonds is 5. The molecule has 17 heavy (non-hydrogen) atoms. The fourth-order valence-electron chi connectivity index (χ4n) is 2.78. The summed E-state index contributed by atoms with van der Waals surface area (Å²) >= 11 is 0. The summed E-state index contributed by atoms with van der Waals surface area (Å²) in [6.07, 6.45) is 3.26. The van der Waals surface area contributed by atoms with E-state index in [1.165, 1.54) is 0 Å². The predicted octanol–water partition coefficient (Wildman–Crippen LogP) is 1.57. The lowest BCUT2D eigenvalue weighted by Crippen LogP contribution is -2.41. The maximum atomic E-state index is 12.2. The van der Waals surface area contributed by atoms with E-state index in [4.69, 9.17) is 0 Å². The highest BCUT2D eigenvalue weighted by molar-refractivity contribution is 7.92. The number of nitrogens with one attached hydrogen (secondary N) is 1. The lowest BCUT2D eigenvalue weighted by atomic mass is 9.77. The first-order valence-electron chi connectivity index (χ1n) is 6.27. The van der Waals surface area contributed by atoms with Crippen LogP contribution in [-0.4, -0.2) is 26.0 Å². The first-order valence-corrected chi connectivity index (χ1v) is 7.98. The van der Waals surface area contributed by atoms with Crippen LogP contribution in [0.25, 0.3) is 0 Å². The van der Waals surface area contributed by atoms with Gasteiger partial charge in [-0.3, -0.25) is 4.79 Å². The minimum atomic E-state index is -3.21. The molecule has 1 aliphatic rings. The highest BCUT2D eigenvalue weighted by Crippen LogP contribution is 2.37. The Hall–Kier alpha value is -0.580. The Morgan fingerprint density at radius 2 is 2.00 bits per heavy atom. The lowest BCUT2D eigenvalue weighted by Gasteiger charge is -2.36. The van der Waals surface area contributed by atoms with Gasteiger partial charge in [-0.25, -0.2) is 8.42 Å². The summed E-state index contributed by atoms with van der Waals surface area (Å²) in [6.45, 7) is 6.26. The van der Waals surface area contributed by atoms with Crippen molar-refractivity contribution in [2.24, 2.45) is 17.8 Å². The Labute approximate surface area is 104 Å². The Kier molecular flexibility index (Phi) is 4.98. The van der Waals surface area contributed by atoms with Crippen molar-refractivity contribution in [2.75, 3.05) is 5.88 Å². The minimum Gasteiger partial charge on any atom is -0.345 e. The van der Waals surface area contributed by atoms with Crippen LogP contribution in [0.1, 0.15) is 40.0 Å². The average molecular weight is 261 g/mol. The average Bonchev–Trinajstić information content (AvgIpc) is 2.26. The smallest absolute Gasteiger partial charge is 0.207 e. The summed E-state index contributed by atoms with van der Waals surface area (Å²) in [5, 5.41) is 2.00. The van der Waals surface area contributed by atoms with E-state index >= 15 is 0 Å². The zero-order valence-electron chi connectivity index (χ0n) is 10.8. The maximum Gasteiger partial charge on any atom is 0.207 e. The molecule has 0 radical (unpaired) electrons. The lowest BCUT2D eigenvalue weighted by molar-refractivity contribution is -0.109. The third-order valence-corrected chi connectivity index (χ3v) is 5.82. The fourth-order valence-corrected chi connectivity index (χ4v) is 4.90. The number of hydrogen-bond acceptors (Lipinski definition) is 3. The van der Waals surface area contributed by atoms with Crippen LogP contribution in [0.5, 0.6) is 0 Å². The molecule has 0 spiro atoms. The zero-order valence-corrected chi connectivity index (χ0v) is 11.7. The second-order valence-corrected chi connectivity index (χ2v) is 7.71. The van der Waals surface area contributed by atoms with E-state index in [1.807, 2.05) is 0 Å². The molecule has 4 nitrogen and oxygen atoms in total. The van der Waals surface area contributed by atoms with Gasteiger partial charge in [0, 0.05) is 0 Å². The van der Waals surface area contributed by atoms with Crippen molar-refractivity contribution in [2.45, 2.75) is 45.3 Å². The van der Waals surface area contributed by atoms with Crippen molar-refractivity contribution in [3.8, 4) is 0 Å². The van der Waals surface area contributed by atoms with Crippen LogP contribution < -0.4 is 5.32 Å². The van der Waals surface area contributed by atoms with E-state index in [1.54, 1.807) is 0 Å². The van der Waals surface area contributed by atoms with E-state index in [9.17, 15) is 13.2 Å². The van der Waals surface area contributed by atoms with Crippen molar-refractivity contribution < 1.29 is 13.2 Å². The number of carbonyl (C=O) groups excluding carboxylic acids is 1. The van der Waals surface area contributed by atoms with Gasteiger partial charge < -0.3 is 5.32 Å². The minimum absolute atomic E-state index is 0.225. The molecule has 100 valence electrons. The first kappa shape index (κ1) is 14.5. The molecule has 3 atom stereocenters. The van der Waals surface area contributed by atoms with Crippen molar-refractivity contribution in [1.82, 2.24) is 5.32 Å². The molecule has 1 rings (SSSR count). The van der Waals surface area contributed by atoms with E-state index in [2.05, 4.69) is 26.1 Å². The molecule has 1 N–H and O–H groups in total. The van der Waals surface area contributed by atoms with Crippen LogP contribution in [0.15, 0.2) is 0 Å². The molecular formula is C12H23NO3S. The van der Waals surface area contributed by atoms with E-state index in [0.717, 1.165) is 19.3 Å². The zero-order chi connectivity index (χ0) is 13.1. The molecule has 0 saturated heterocycles. The number of hydrogen-bond donors (Lipinski definition) is 1. The molecule has 0 aromatic heterocycles. The monoisotopic (exact) mass is 261 g/mol. The van der Waals surface area contributed by atoms with Gasteiger partial charge in [0.05, 0.1) is 5.25 Å². The Morgan fingerprint density at radius 3 is 2.53 bits per heavy atom. The molecule has 0 aliphatic heterocycles. The van der Waals surface area contributed by atoms with Gasteiger partial charge in [0.15, 0.2) is 9.84 Å². The molecule has 0 bridgehead atoms. The summed E-state index contributed by atoms with van der Waals surface area (Å²) in [5.41, 5.74) is 0. The molecule has 1 fully saturated rings. The molecular weight excluding hydrogens is 238 g/mol. The SMILES string of the molecule is CC(C)[C@H]1CC[C@@H](C)C[C@@H]1S(=O)(=O)CNC=O. The molecule has 1 saturated carbocycles. The van der Waals surface area contributed by atoms with Crippen LogP contribution >= 0.6 is 0 Å². The van der Waals surface area contributed by atoms with Crippen molar-refractivity contribution in [3.05, 3.63) is 0 Å². The van der Waals surface area contributed by atoms with Crippen molar-refractivity contribution in [1.29, 1.82) is 0 Å². The second kappa shape index (κ2) is 5.85. The van der Waals surface area contributed by atoms with Gasteiger partial charge in [-0.15, -0.1) is 0 Å². The van der Waals surface area contributed by atoms with E-state index in [-0.39, 0.29) is 17.0 Å². The standard InChI is InChI=1S/C12H23NO3S/c1-9(2)11-5-4-10(3)6-12(11)17(15,16)8-13-7-14/h7,9-12H,4-6,8H2,1-3H3,(H,13,14)/t10-,11-,12+/m1/s1. The van der Waals surface area contributed by atoms with Crippen molar-refractivity contribution in [3.63, 3.8) is 0 Å². The van der Waals surface area contributed by atoms with Gasteiger partial charge in [-0.1, -0.05) is 27.2 Å². The van der Waals surface area contributed by atoms with Crippen LogP contribution in [0.2, 0.25) is 0 Å². The Bertz CT molecular complexity index is 351. The number of sulfone groups is 1. The van der Waals surface area contributed by atoms with Gasteiger partial charge in [0.1, 0.15) is 5.88 Å². The summed E-state index contributed by atoms with van der Waals surface area (Å²) in [5.74, 6) is 0.834. The van der Waals surface area contributed by atoms with Gasteiger partial charge >= 0.3 is 0 Å².